The number of carbonyl (C=O) groups excluding carboxylic acids is 2. The first-order valence-corrected chi connectivity index (χ1v) is 9.93. The van der Waals surface area contributed by atoms with Gasteiger partial charge in [0.15, 0.2) is 0 Å². The summed E-state index contributed by atoms with van der Waals surface area (Å²) in [5.74, 6) is -7.50. The molecule has 0 heterocycles. The smallest absolute Gasteiger partial charge is 0.481 e. The number of rotatable bonds is 10. The van der Waals surface area contributed by atoms with Crippen LogP contribution in [0.1, 0.15) is 31.4 Å². The first-order valence-electron chi connectivity index (χ1n) is 9.93. The zero-order valence-corrected chi connectivity index (χ0v) is 19.0. The van der Waals surface area contributed by atoms with Crippen molar-refractivity contribution in [1.82, 2.24) is 10.6 Å². The molecule has 1 aromatic rings. The number of carboxylic acids is 3. The van der Waals surface area contributed by atoms with Crippen molar-refractivity contribution in [1.29, 1.82) is 5.41 Å². The van der Waals surface area contributed by atoms with Crippen LogP contribution < -0.4 is 16.4 Å². The van der Waals surface area contributed by atoms with Crippen molar-refractivity contribution >= 4 is 41.6 Å². The Balaban J connectivity index is 0.00000152. The number of carboxylic acid groups (broad SMARTS) is 3. The average Bonchev–Trinajstić information content (AvgIpc) is 2.74. The molecule has 36 heavy (non-hydrogen) atoms. The largest absolute Gasteiger partial charge is 0.490 e. The maximum atomic E-state index is 12.3. The SMILES string of the molecule is CC(C)[C@H](NC(=O)[C@H](CC(=O)O)NC(=O)C=Cc1ccc(C(=N)N)cc1)C(=O)O.O=C(O)C(F)(F)F. The van der Waals surface area contributed by atoms with Crippen LogP contribution in [0.25, 0.3) is 6.08 Å². The van der Waals surface area contributed by atoms with Crippen molar-refractivity contribution in [3.05, 3.63) is 41.5 Å². The van der Waals surface area contributed by atoms with Crippen LogP contribution in [0.5, 0.6) is 0 Å². The lowest BCUT2D eigenvalue weighted by atomic mass is 10.0. The zero-order chi connectivity index (χ0) is 28.2. The van der Waals surface area contributed by atoms with E-state index in [1.54, 1.807) is 38.1 Å². The van der Waals surface area contributed by atoms with Crippen molar-refractivity contribution in [3.63, 3.8) is 0 Å². The highest BCUT2D eigenvalue weighted by Crippen LogP contribution is 2.13. The third-order valence-electron chi connectivity index (χ3n) is 4.13. The fourth-order valence-electron chi connectivity index (χ4n) is 2.32. The molecule has 1 aromatic carbocycles. The number of nitrogens with two attached hydrogens (primary N) is 1. The normalized spacial score (nSPS) is 12.6. The van der Waals surface area contributed by atoms with Gasteiger partial charge in [0.25, 0.3) is 0 Å². The summed E-state index contributed by atoms with van der Waals surface area (Å²) in [5, 5.41) is 37.1. The van der Waals surface area contributed by atoms with Gasteiger partial charge in [-0.15, -0.1) is 0 Å². The van der Waals surface area contributed by atoms with Gasteiger partial charge in [-0.3, -0.25) is 19.8 Å². The Bertz CT molecular complexity index is 1010. The Morgan fingerprint density at radius 1 is 1.03 bits per heavy atom. The number of amides is 2. The number of nitrogen functional groups attached to an aromatic ring is 1. The van der Waals surface area contributed by atoms with Crippen molar-refractivity contribution < 1.29 is 52.5 Å². The Hall–Kier alpha value is -4.43. The predicted octanol–water partition coefficient (Wildman–Crippen LogP) is 0.802. The average molecular weight is 518 g/mol. The van der Waals surface area contributed by atoms with E-state index >= 15 is 0 Å². The molecule has 0 unspecified atom stereocenters. The van der Waals surface area contributed by atoms with Crippen molar-refractivity contribution in [2.45, 2.75) is 38.5 Å². The van der Waals surface area contributed by atoms with Gasteiger partial charge in [0.1, 0.15) is 17.9 Å². The van der Waals surface area contributed by atoms with Gasteiger partial charge in [-0.1, -0.05) is 38.1 Å². The van der Waals surface area contributed by atoms with E-state index in [1.807, 2.05) is 0 Å². The molecule has 0 aromatic heterocycles. The molecular weight excluding hydrogens is 493 g/mol. The van der Waals surface area contributed by atoms with Crippen LogP contribution in [0.3, 0.4) is 0 Å². The molecular formula is C21H25F3N4O8. The summed E-state index contributed by atoms with van der Waals surface area (Å²) in [6, 6.07) is 3.79. The monoisotopic (exact) mass is 518 g/mol. The van der Waals surface area contributed by atoms with Gasteiger partial charge >= 0.3 is 24.1 Å². The molecule has 0 spiro atoms. The molecule has 2 atom stereocenters. The van der Waals surface area contributed by atoms with Gasteiger partial charge in [0.2, 0.25) is 11.8 Å². The Labute approximate surface area is 202 Å². The summed E-state index contributed by atoms with van der Waals surface area (Å²) in [6.45, 7) is 3.17. The number of benzene rings is 1. The molecule has 0 aliphatic rings. The summed E-state index contributed by atoms with van der Waals surface area (Å²) in [7, 11) is 0. The number of nitrogens with one attached hydrogen (secondary N) is 3. The first-order chi connectivity index (χ1) is 16.4. The molecule has 2 amide bonds. The summed E-state index contributed by atoms with van der Waals surface area (Å²) >= 11 is 0. The van der Waals surface area contributed by atoms with E-state index in [9.17, 15) is 32.3 Å². The molecule has 15 heteroatoms. The minimum Gasteiger partial charge on any atom is -0.481 e. The topological polar surface area (TPSA) is 220 Å². The quantitative estimate of drug-likeness (QED) is 0.132. The molecule has 0 saturated heterocycles. The summed E-state index contributed by atoms with van der Waals surface area (Å²) in [5.41, 5.74) is 6.50. The lowest BCUT2D eigenvalue weighted by Gasteiger charge is -2.22. The van der Waals surface area contributed by atoms with Gasteiger partial charge in [0.05, 0.1) is 6.42 Å². The molecule has 12 nitrogen and oxygen atoms in total. The van der Waals surface area contributed by atoms with E-state index in [4.69, 9.17) is 31.3 Å². The van der Waals surface area contributed by atoms with E-state index in [2.05, 4.69) is 10.6 Å². The summed E-state index contributed by atoms with van der Waals surface area (Å²) in [6.07, 6.45) is -3.24. The van der Waals surface area contributed by atoms with Crippen LogP contribution in [0, 0.1) is 11.3 Å². The molecule has 0 radical (unpaired) electrons. The Morgan fingerprint density at radius 2 is 1.53 bits per heavy atom. The fourth-order valence-corrected chi connectivity index (χ4v) is 2.32. The molecule has 0 aliphatic carbocycles. The number of carbonyl (C=O) groups is 5. The molecule has 198 valence electrons. The molecule has 1 rings (SSSR count). The predicted molar refractivity (Wildman–Crippen MR) is 119 cm³/mol. The van der Waals surface area contributed by atoms with Crippen LogP contribution >= 0.6 is 0 Å². The second-order valence-corrected chi connectivity index (χ2v) is 7.40. The van der Waals surface area contributed by atoms with E-state index in [0.29, 0.717) is 11.1 Å². The minimum absolute atomic E-state index is 0.0955. The third kappa shape index (κ3) is 12.2. The third-order valence-corrected chi connectivity index (χ3v) is 4.13. The lowest BCUT2D eigenvalue weighted by molar-refractivity contribution is -0.192. The Kier molecular flexibility index (Phi) is 12.3. The molecule has 0 bridgehead atoms. The van der Waals surface area contributed by atoms with Gasteiger partial charge < -0.3 is 31.7 Å². The van der Waals surface area contributed by atoms with Crippen LogP contribution in [-0.4, -0.2) is 69.1 Å². The number of amidine groups is 1. The minimum atomic E-state index is -5.08. The molecule has 0 saturated carbocycles. The van der Waals surface area contributed by atoms with Gasteiger partial charge in [-0.05, 0) is 17.6 Å². The zero-order valence-electron chi connectivity index (χ0n) is 19.0. The van der Waals surface area contributed by atoms with Crippen LogP contribution in [0.15, 0.2) is 30.3 Å². The van der Waals surface area contributed by atoms with Crippen LogP contribution in [0.2, 0.25) is 0 Å². The van der Waals surface area contributed by atoms with Crippen molar-refractivity contribution in [3.8, 4) is 0 Å². The van der Waals surface area contributed by atoms with E-state index < -0.39 is 60.3 Å². The standard InChI is InChI=1S/C19H24N4O6.C2HF3O2/c1-10(2)16(19(28)29)23-18(27)13(9-15(25)26)22-14(24)8-5-11-3-6-12(7-4-11)17(20)21;3-2(4,5)1(6)7/h3-8,10,13,16H,9H2,1-2H3,(H3,20,21)(H,22,24)(H,23,27)(H,25,26)(H,28,29);(H,6,7)/t13-,16-;/m0./s1. The van der Waals surface area contributed by atoms with E-state index in [0.717, 1.165) is 6.08 Å². The number of hydrogen-bond acceptors (Lipinski definition) is 6. The highest BCUT2D eigenvalue weighted by molar-refractivity contribution is 5.98. The van der Waals surface area contributed by atoms with Crippen molar-refractivity contribution in [2.24, 2.45) is 11.7 Å². The number of aliphatic carboxylic acids is 3. The van der Waals surface area contributed by atoms with E-state index in [-0.39, 0.29) is 5.84 Å². The van der Waals surface area contributed by atoms with Gasteiger partial charge in [-0.2, -0.15) is 13.2 Å². The number of alkyl halides is 3. The second kappa shape index (κ2) is 14.1. The first kappa shape index (κ1) is 31.6. The highest BCUT2D eigenvalue weighted by Gasteiger charge is 2.38. The second-order valence-electron chi connectivity index (χ2n) is 7.40. The number of halogens is 3. The molecule has 0 fully saturated rings. The van der Waals surface area contributed by atoms with Crippen LogP contribution in [-0.2, 0) is 24.0 Å². The van der Waals surface area contributed by atoms with E-state index in [1.165, 1.54) is 6.08 Å². The lowest BCUT2D eigenvalue weighted by Crippen LogP contribution is -2.53. The Morgan fingerprint density at radius 3 is 1.89 bits per heavy atom. The summed E-state index contributed by atoms with van der Waals surface area (Å²) in [4.78, 5) is 55.5. The summed E-state index contributed by atoms with van der Waals surface area (Å²) < 4.78 is 31.7. The molecule has 0 aliphatic heterocycles. The number of hydrogen-bond donors (Lipinski definition) is 7. The van der Waals surface area contributed by atoms with Gasteiger partial charge in [0, 0.05) is 11.6 Å². The maximum absolute atomic E-state index is 12.3. The maximum Gasteiger partial charge on any atom is 0.490 e. The molecule has 8 N–H and O–H groups in total. The van der Waals surface area contributed by atoms with Gasteiger partial charge in [-0.25, -0.2) is 9.59 Å². The van der Waals surface area contributed by atoms with Crippen LogP contribution in [0.4, 0.5) is 13.2 Å². The highest BCUT2D eigenvalue weighted by atomic mass is 19.4. The fraction of sp³-hybridized carbons (Fsp3) is 0.333. The van der Waals surface area contributed by atoms with Crippen molar-refractivity contribution in [2.75, 3.05) is 0 Å².